The lowest BCUT2D eigenvalue weighted by atomic mass is 10.2. The molecule has 0 atom stereocenters. The summed E-state index contributed by atoms with van der Waals surface area (Å²) in [6.07, 6.45) is -0.203. The van der Waals surface area contributed by atoms with E-state index >= 15 is 0 Å². The van der Waals surface area contributed by atoms with Crippen molar-refractivity contribution in [1.82, 2.24) is 23.3 Å². The number of carbonyl (C=O) groups is 1. The summed E-state index contributed by atoms with van der Waals surface area (Å²) in [7, 11) is -0.598. The van der Waals surface area contributed by atoms with Gasteiger partial charge in [-0.1, -0.05) is 18.2 Å². The zero-order valence-corrected chi connectivity index (χ0v) is 18.9. The van der Waals surface area contributed by atoms with Gasteiger partial charge in [0.25, 0.3) is 15.7 Å². The second kappa shape index (κ2) is 8.01. The molecule has 0 amide bonds. The molecule has 0 unspecified atom stereocenters. The van der Waals surface area contributed by atoms with Crippen LogP contribution in [0.1, 0.15) is 11.5 Å². The number of aromatic nitrogens is 5. The van der Waals surface area contributed by atoms with Crippen molar-refractivity contribution >= 4 is 38.3 Å². The fourth-order valence-corrected chi connectivity index (χ4v) is 4.24. The van der Waals surface area contributed by atoms with Crippen LogP contribution in [0.5, 0.6) is 0 Å². The number of carboxylic acid groups (broad SMARTS) is 1. The minimum Gasteiger partial charge on any atom is -0.464 e. The monoisotopic (exact) mass is 475 g/mol. The first-order valence-electron chi connectivity index (χ1n) is 9.82. The van der Waals surface area contributed by atoms with Gasteiger partial charge in [-0.25, -0.2) is 19.1 Å². The fraction of sp³-hybridized carbons (Fsp3) is 0.300. The number of rotatable bonds is 6. The summed E-state index contributed by atoms with van der Waals surface area (Å²) in [5.74, 6) is 0.359. The molecule has 13 heteroatoms. The quantitative estimate of drug-likeness (QED) is 0.396. The molecule has 12 nitrogen and oxygen atoms in total. The Hall–Kier alpha value is -3.71. The van der Waals surface area contributed by atoms with Crippen LogP contribution < -0.4 is 11.2 Å². The van der Waals surface area contributed by atoms with Gasteiger partial charge < -0.3 is 9.67 Å². The summed E-state index contributed by atoms with van der Waals surface area (Å²) in [6.45, 7) is -0.434. The van der Waals surface area contributed by atoms with Gasteiger partial charge in [0.15, 0.2) is 11.2 Å². The van der Waals surface area contributed by atoms with E-state index in [9.17, 15) is 27.9 Å². The Morgan fingerprint density at radius 2 is 1.85 bits per heavy atom. The van der Waals surface area contributed by atoms with Gasteiger partial charge in [-0.3, -0.25) is 18.1 Å². The van der Waals surface area contributed by atoms with E-state index in [2.05, 4.69) is 4.98 Å². The number of hydrogen-bond acceptors (Lipinski definition) is 7. The van der Waals surface area contributed by atoms with E-state index in [1.807, 2.05) is 0 Å². The van der Waals surface area contributed by atoms with Crippen LogP contribution in [-0.4, -0.2) is 55.7 Å². The maximum absolute atomic E-state index is 13.3. The van der Waals surface area contributed by atoms with Crippen molar-refractivity contribution in [3.05, 3.63) is 62.7 Å². The molecule has 174 valence electrons. The van der Waals surface area contributed by atoms with Crippen molar-refractivity contribution in [1.29, 1.82) is 0 Å². The normalized spacial score (nSPS) is 12.1. The molecule has 4 aromatic rings. The summed E-state index contributed by atoms with van der Waals surface area (Å²) in [5, 5.41) is 10.4. The highest BCUT2D eigenvalue weighted by molar-refractivity contribution is 7.85. The van der Waals surface area contributed by atoms with Gasteiger partial charge in [-0.05, 0) is 12.1 Å². The van der Waals surface area contributed by atoms with Crippen LogP contribution >= 0.6 is 0 Å². The van der Waals surface area contributed by atoms with E-state index in [-0.39, 0.29) is 36.4 Å². The molecule has 0 saturated heterocycles. The Bertz CT molecular complexity index is 1640. The summed E-state index contributed by atoms with van der Waals surface area (Å²) in [6, 6.07) is 8.47. The van der Waals surface area contributed by atoms with Gasteiger partial charge in [0.05, 0.1) is 30.6 Å². The summed E-state index contributed by atoms with van der Waals surface area (Å²) in [5.41, 5.74) is -0.334. The second-order valence-electron chi connectivity index (χ2n) is 7.58. The molecule has 0 aliphatic carbocycles. The van der Waals surface area contributed by atoms with E-state index in [4.69, 9.17) is 4.18 Å². The van der Waals surface area contributed by atoms with Crippen LogP contribution in [0.15, 0.2) is 39.9 Å². The molecule has 0 fully saturated rings. The van der Waals surface area contributed by atoms with E-state index in [1.54, 1.807) is 37.4 Å². The maximum Gasteiger partial charge on any atom is 0.416 e. The number of aryl methyl sites for hydroxylation is 2. The molecule has 0 aliphatic heterocycles. The fourth-order valence-electron chi connectivity index (χ4n) is 3.85. The molecule has 0 aliphatic rings. The first kappa shape index (κ1) is 22.5. The molecular weight excluding hydrogens is 454 g/mol. The Labute approximate surface area is 187 Å². The first-order chi connectivity index (χ1) is 15.5. The molecule has 1 N–H and O–H groups in total. The highest BCUT2D eigenvalue weighted by Gasteiger charge is 2.21. The molecule has 4 rings (SSSR count). The zero-order valence-electron chi connectivity index (χ0n) is 18.0. The molecule has 0 bridgehead atoms. The topological polar surface area (TPSA) is 147 Å². The standard InChI is InChI=1S/C20H21N5O7S/c1-22-15(8-9-32-33(3,30)31)21-17-16(22)18(26)24(19(27)23(17)2)11-13-10-12-6-4-5-7-14(12)25(13)20(28)29/h4-7,10H,8-9,11H2,1-3H3,(H,28,29). The smallest absolute Gasteiger partial charge is 0.416 e. The maximum atomic E-state index is 13.3. The van der Waals surface area contributed by atoms with Crippen LogP contribution in [0.3, 0.4) is 0 Å². The number of imidazole rings is 1. The lowest BCUT2D eigenvalue weighted by Crippen LogP contribution is -2.40. The van der Waals surface area contributed by atoms with Gasteiger partial charge in [0.1, 0.15) is 5.82 Å². The molecule has 3 heterocycles. The van der Waals surface area contributed by atoms with E-state index in [1.165, 1.54) is 16.2 Å². The van der Waals surface area contributed by atoms with Crippen molar-refractivity contribution in [3.8, 4) is 0 Å². The summed E-state index contributed by atoms with van der Waals surface area (Å²) >= 11 is 0. The summed E-state index contributed by atoms with van der Waals surface area (Å²) < 4.78 is 31.8. The Balaban J connectivity index is 1.83. The lowest BCUT2D eigenvalue weighted by Gasteiger charge is -2.10. The van der Waals surface area contributed by atoms with Crippen molar-refractivity contribution in [2.45, 2.75) is 13.0 Å². The van der Waals surface area contributed by atoms with Gasteiger partial charge in [0.2, 0.25) is 0 Å². The predicted octanol–water partition coefficient (Wildman–Crippen LogP) is 0.481. The molecule has 33 heavy (non-hydrogen) atoms. The van der Waals surface area contributed by atoms with Gasteiger partial charge in [-0.2, -0.15) is 8.42 Å². The van der Waals surface area contributed by atoms with Crippen molar-refractivity contribution in [3.63, 3.8) is 0 Å². The predicted molar refractivity (Wildman–Crippen MR) is 119 cm³/mol. The van der Waals surface area contributed by atoms with Crippen molar-refractivity contribution in [2.75, 3.05) is 12.9 Å². The minimum absolute atomic E-state index is 0.0964. The van der Waals surface area contributed by atoms with Crippen LogP contribution in [0.2, 0.25) is 0 Å². The third kappa shape index (κ3) is 3.96. The third-order valence-electron chi connectivity index (χ3n) is 5.37. The second-order valence-corrected chi connectivity index (χ2v) is 9.22. The number of nitrogens with zero attached hydrogens (tertiary/aromatic N) is 5. The SMILES string of the molecule is Cn1c(CCOS(C)(=O)=O)nc2c1c(=O)n(Cc1cc3ccccc3n1C(=O)O)c(=O)n2C. The van der Waals surface area contributed by atoms with E-state index in [0.29, 0.717) is 16.7 Å². The Kier molecular flexibility index (Phi) is 5.46. The molecule has 1 aromatic carbocycles. The number of benzene rings is 1. The van der Waals surface area contributed by atoms with Crippen molar-refractivity contribution < 1.29 is 22.5 Å². The van der Waals surface area contributed by atoms with Crippen LogP contribution in [0.4, 0.5) is 4.79 Å². The largest absolute Gasteiger partial charge is 0.464 e. The van der Waals surface area contributed by atoms with Gasteiger partial charge in [-0.15, -0.1) is 0 Å². The van der Waals surface area contributed by atoms with Crippen LogP contribution in [0, 0.1) is 0 Å². The molecule has 0 spiro atoms. The van der Waals surface area contributed by atoms with Crippen LogP contribution in [-0.2, 0) is 41.4 Å². The number of fused-ring (bicyclic) bond motifs is 2. The number of hydrogen-bond donors (Lipinski definition) is 1. The van der Waals surface area contributed by atoms with E-state index in [0.717, 1.165) is 15.4 Å². The van der Waals surface area contributed by atoms with Crippen LogP contribution in [0.25, 0.3) is 22.1 Å². The molecular formula is C20H21N5O7S. The minimum atomic E-state index is -3.63. The zero-order chi connectivity index (χ0) is 24.1. The number of para-hydroxylation sites is 1. The van der Waals surface area contributed by atoms with Gasteiger partial charge in [0, 0.05) is 25.9 Å². The highest BCUT2D eigenvalue weighted by Crippen LogP contribution is 2.20. The molecule has 0 saturated carbocycles. The van der Waals surface area contributed by atoms with Gasteiger partial charge >= 0.3 is 11.8 Å². The molecule has 3 aromatic heterocycles. The average molecular weight is 475 g/mol. The Morgan fingerprint density at radius 3 is 2.52 bits per heavy atom. The highest BCUT2D eigenvalue weighted by atomic mass is 32.2. The molecule has 0 radical (unpaired) electrons. The van der Waals surface area contributed by atoms with Crippen molar-refractivity contribution in [2.24, 2.45) is 14.1 Å². The average Bonchev–Trinajstić information content (AvgIpc) is 3.26. The Morgan fingerprint density at radius 1 is 1.15 bits per heavy atom. The lowest BCUT2D eigenvalue weighted by molar-refractivity contribution is 0.196. The first-order valence-corrected chi connectivity index (χ1v) is 11.6. The third-order valence-corrected chi connectivity index (χ3v) is 5.97. The summed E-state index contributed by atoms with van der Waals surface area (Å²) in [4.78, 5) is 42.5. The van der Waals surface area contributed by atoms with E-state index < -0.39 is 27.5 Å².